The summed E-state index contributed by atoms with van der Waals surface area (Å²) in [5.74, 6) is 0. The molecule has 6 heteroatoms. The normalized spacial score (nSPS) is 21.7. The number of sulfone groups is 1. The topological polar surface area (TPSA) is 54.4 Å². The number of aliphatic hydroxyl groups excluding tert-OH is 1. The van der Waals surface area contributed by atoms with Gasteiger partial charge in [0.05, 0.1) is 6.10 Å². The van der Waals surface area contributed by atoms with Crippen molar-refractivity contribution in [2.24, 2.45) is 0 Å². The van der Waals surface area contributed by atoms with Gasteiger partial charge in [0.1, 0.15) is 0 Å². The Morgan fingerprint density at radius 3 is 2.00 bits per heavy atom. The van der Waals surface area contributed by atoms with Crippen molar-refractivity contribution < 1.29 is 13.5 Å². The van der Waals surface area contributed by atoms with Gasteiger partial charge in [-0.05, 0) is 29.5 Å². The summed E-state index contributed by atoms with van der Waals surface area (Å²) >= 11 is 4.57. The van der Waals surface area contributed by atoms with Gasteiger partial charge in [0.25, 0.3) is 0 Å². The molecule has 0 aromatic rings. The molecule has 0 saturated carbocycles. The summed E-state index contributed by atoms with van der Waals surface area (Å²) < 4.78 is 20.5. The zero-order valence-corrected chi connectivity index (χ0v) is 10.1. The van der Waals surface area contributed by atoms with Crippen LogP contribution in [-0.2, 0) is 9.84 Å². The number of alkyl halides is 2. The predicted molar refractivity (Wildman–Crippen MR) is 52.2 cm³/mol. The van der Waals surface area contributed by atoms with Crippen molar-refractivity contribution in [3.63, 3.8) is 0 Å². The zero-order valence-electron chi connectivity index (χ0n) is 5.51. The van der Waals surface area contributed by atoms with Crippen LogP contribution in [0.2, 0.25) is 0 Å². The minimum atomic E-state index is -3.25. The molecule has 0 amide bonds. The molecule has 1 N–H and O–H groups in total. The van der Waals surface area contributed by atoms with Crippen LogP contribution in [0.4, 0.5) is 0 Å². The SMILES string of the molecule is C[C@@H](O)[C@](Br)(I)S(C)(=O)=O. The van der Waals surface area contributed by atoms with E-state index in [4.69, 9.17) is 5.11 Å². The lowest BCUT2D eigenvalue weighted by atomic mass is 10.5. The average molecular weight is 343 g/mol. The highest BCUT2D eigenvalue weighted by molar-refractivity contribution is 14.1. The van der Waals surface area contributed by atoms with Crippen LogP contribution in [0.25, 0.3) is 0 Å². The molecule has 0 rings (SSSR count). The van der Waals surface area contributed by atoms with Gasteiger partial charge in [0.15, 0.2) is 9.84 Å². The minimum absolute atomic E-state index is 0.928. The van der Waals surface area contributed by atoms with Crippen LogP contribution in [-0.4, -0.2) is 27.5 Å². The molecule has 0 aromatic heterocycles. The van der Waals surface area contributed by atoms with Crippen LogP contribution in [0.15, 0.2) is 0 Å². The Morgan fingerprint density at radius 1 is 1.70 bits per heavy atom. The third-order valence-corrected chi connectivity index (χ3v) is 8.04. The molecule has 3 nitrogen and oxygen atoms in total. The second-order valence-corrected chi connectivity index (χ2v) is 9.89. The lowest BCUT2D eigenvalue weighted by Crippen LogP contribution is -2.35. The van der Waals surface area contributed by atoms with E-state index in [0.29, 0.717) is 0 Å². The predicted octanol–water partition coefficient (Wildman–Crippen LogP) is 0.895. The summed E-state index contributed by atoms with van der Waals surface area (Å²) in [6, 6.07) is 0. The zero-order chi connectivity index (χ0) is 8.58. The maximum atomic E-state index is 10.9. The van der Waals surface area contributed by atoms with Gasteiger partial charge >= 0.3 is 0 Å². The van der Waals surface area contributed by atoms with E-state index in [2.05, 4.69) is 15.9 Å². The van der Waals surface area contributed by atoms with E-state index in [9.17, 15) is 8.42 Å². The summed E-state index contributed by atoms with van der Waals surface area (Å²) in [5.41, 5.74) is 0. The van der Waals surface area contributed by atoms with Gasteiger partial charge < -0.3 is 5.11 Å². The van der Waals surface area contributed by atoms with Gasteiger partial charge in [-0.15, -0.1) is 0 Å². The van der Waals surface area contributed by atoms with Crippen molar-refractivity contribution in [2.75, 3.05) is 6.26 Å². The Balaban J connectivity index is 4.76. The highest BCUT2D eigenvalue weighted by atomic mass is 127. The van der Waals surface area contributed by atoms with Crippen LogP contribution < -0.4 is 0 Å². The van der Waals surface area contributed by atoms with Crippen molar-refractivity contribution in [1.82, 2.24) is 0 Å². The third-order valence-electron chi connectivity index (χ3n) is 0.981. The fraction of sp³-hybridized carbons (Fsp3) is 1.00. The molecule has 0 radical (unpaired) electrons. The molecule has 0 spiro atoms. The lowest BCUT2D eigenvalue weighted by molar-refractivity contribution is 0.208. The van der Waals surface area contributed by atoms with E-state index in [1.165, 1.54) is 6.92 Å². The molecule has 0 saturated heterocycles. The molecule has 0 heterocycles. The van der Waals surface area contributed by atoms with Crippen molar-refractivity contribution in [3.05, 3.63) is 0 Å². The van der Waals surface area contributed by atoms with Gasteiger partial charge in [0.2, 0.25) is 1.66 Å². The van der Waals surface area contributed by atoms with Crippen LogP contribution in [0, 0.1) is 0 Å². The third kappa shape index (κ3) is 2.31. The average Bonchev–Trinajstić information content (AvgIpc) is 1.62. The largest absolute Gasteiger partial charge is 0.390 e. The molecule has 0 aliphatic carbocycles. The minimum Gasteiger partial charge on any atom is -0.390 e. The van der Waals surface area contributed by atoms with Gasteiger partial charge in [-0.25, -0.2) is 8.42 Å². The number of aliphatic hydroxyl groups is 1. The lowest BCUT2D eigenvalue weighted by Gasteiger charge is -2.20. The van der Waals surface area contributed by atoms with Crippen molar-refractivity contribution in [2.45, 2.75) is 14.7 Å². The van der Waals surface area contributed by atoms with Crippen LogP contribution in [0.3, 0.4) is 0 Å². The Morgan fingerprint density at radius 2 is 2.00 bits per heavy atom. The number of rotatable bonds is 2. The first-order valence-corrected chi connectivity index (χ1v) is 6.21. The standard InChI is InChI=1S/C4H8BrIO3S/c1-3(7)4(5,6)10(2,8)9/h3,7H,1-2H3/t3-,4+/m1/s1. The van der Waals surface area contributed by atoms with Gasteiger partial charge in [-0.2, -0.15) is 0 Å². The van der Waals surface area contributed by atoms with Crippen LogP contribution in [0.5, 0.6) is 0 Å². The molecule has 0 fully saturated rings. The van der Waals surface area contributed by atoms with E-state index >= 15 is 0 Å². The van der Waals surface area contributed by atoms with Crippen molar-refractivity contribution in [1.29, 1.82) is 0 Å². The number of halogens is 2. The van der Waals surface area contributed by atoms with E-state index in [1.54, 1.807) is 22.6 Å². The maximum absolute atomic E-state index is 10.9. The van der Waals surface area contributed by atoms with E-state index in [0.717, 1.165) is 6.26 Å². The summed E-state index contributed by atoms with van der Waals surface area (Å²) in [6.07, 6.45) is 0.143. The first kappa shape index (κ1) is 11.1. The summed E-state index contributed by atoms with van der Waals surface area (Å²) in [5, 5.41) is 8.98. The molecular formula is C4H8BrIO3S. The van der Waals surface area contributed by atoms with Crippen LogP contribution >= 0.6 is 38.5 Å². The Bertz CT molecular complexity index is 209. The Kier molecular flexibility index (Phi) is 3.60. The fourth-order valence-electron chi connectivity index (χ4n) is 0.310. The monoisotopic (exact) mass is 342 g/mol. The highest BCUT2D eigenvalue weighted by Crippen LogP contribution is 2.36. The van der Waals surface area contributed by atoms with E-state index < -0.39 is 17.6 Å². The van der Waals surface area contributed by atoms with E-state index in [-0.39, 0.29) is 0 Å². The number of hydrogen-bond donors (Lipinski definition) is 1. The Hall–Kier alpha value is 1.12. The van der Waals surface area contributed by atoms with Gasteiger partial charge in [-0.1, -0.05) is 15.9 Å². The second-order valence-electron chi connectivity index (χ2n) is 2.01. The summed E-state index contributed by atoms with van der Waals surface area (Å²) in [7, 11) is -3.25. The molecule has 0 aliphatic heterocycles. The maximum Gasteiger partial charge on any atom is 0.202 e. The quantitative estimate of drug-likeness (QED) is 0.599. The van der Waals surface area contributed by atoms with Gasteiger partial charge in [0, 0.05) is 6.26 Å². The fourth-order valence-corrected chi connectivity index (χ4v) is 0.929. The molecule has 62 valence electrons. The molecule has 0 bridgehead atoms. The molecule has 0 unspecified atom stereocenters. The number of hydrogen-bond acceptors (Lipinski definition) is 3. The Labute approximate surface area is 82.4 Å². The van der Waals surface area contributed by atoms with Crippen molar-refractivity contribution in [3.8, 4) is 0 Å². The second kappa shape index (κ2) is 3.24. The van der Waals surface area contributed by atoms with Crippen LogP contribution in [0.1, 0.15) is 6.92 Å². The first-order chi connectivity index (χ1) is 4.19. The molecule has 0 aliphatic rings. The van der Waals surface area contributed by atoms with E-state index in [1.807, 2.05) is 0 Å². The molecule has 0 aromatic carbocycles. The first-order valence-electron chi connectivity index (χ1n) is 2.45. The van der Waals surface area contributed by atoms with Gasteiger partial charge in [-0.3, -0.25) is 0 Å². The molecular weight excluding hydrogens is 335 g/mol. The van der Waals surface area contributed by atoms with Crippen molar-refractivity contribution >= 4 is 48.4 Å². The molecule has 10 heavy (non-hydrogen) atoms. The smallest absolute Gasteiger partial charge is 0.202 e. The molecule has 2 atom stereocenters. The summed E-state index contributed by atoms with van der Waals surface area (Å²) in [4.78, 5) is 0. The highest BCUT2D eigenvalue weighted by Gasteiger charge is 2.39. The summed E-state index contributed by atoms with van der Waals surface area (Å²) in [6.45, 7) is 1.42.